The van der Waals surface area contributed by atoms with Gasteiger partial charge in [0.25, 0.3) is 0 Å². The fraction of sp³-hybridized carbons (Fsp3) is 1.00. The maximum atomic E-state index is 8.66. The second-order valence-electron chi connectivity index (χ2n) is 3.87. The van der Waals surface area contributed by atoms with Gasteiger partial charge in [0.1, 0.15) is 0 Å². The molecule has 0 saturated carbocycles. The van der Waals surface area contributed by atoms with E-state index in [1.807, 2.05) is 0 Å². The summed E-state index contributed by atoms with van der Waals surface area (Å²) in [6.07, 6.45) is 4.17. The zero-order chi connectivity index (χ0) is 11.6. The predicted octanol–water partition coefficient (Wildman–Crippen LogP) is 2.37. The minimum absolute atomic E-state index is 0.0818. The molecule has 0 unspecified atom stereocenters. The first-order valence-corrected chi connectivity index (χ1v) is 6.07. The molecule has 15 heavy (non-hydrogen) atoms. The smallest absolute Gasteiger partial charge is 0.0909 e. The molecule has 0 heterocycles. The lowest BCUT2D eigenvalue weighted by Crippen LogP contribution is -2.37. The summed E-state index contributed by atoms with van der Waals surface area (Å²) >= 11 is 0. The molecule has 0 aromatic rings. The zero-order valence-electron chi connectivity index (χ0n) is 10.4. The van der Waals surface area contributed by atoms with E-state index in [0.717, 1.165) is 32.3 Å². The van der Waals surface area contributed by atoms with E-state index < -0.39 is 0 Å². The SMILES string of the molecule is CCCCOC(CC)(CC)COCCO. The Balaban J connectivity index is 3.93. The molecule has 0 rings (SSSR count). The number of hydrogen-bond acceptors (Lipinski definition) is 3. The molecule has 92 valence electrons. The van der Waals surface area contributed by atoms with Crippen molar-refractivity contribution >= 4 is 0 Å². The van der Waals surface area contributed by atoms with Crippen molar-refractivity contribution in [3.63, 3.8) is 0 Å². The molecule has 3 heteroatoms. The van der Waals surface area contributed by atoms with Gasteiger partial charge in [-0.3, -0.25) is 0 Å². The first kappa shape index (κ1) is 14.9. The number of hydrogen-bond donors (Lipinski definition) is 1. The van der Waals surface area contributed by atoms with Gasteiger partial charge >= 0.3 is 0 Å². The Morgan fingerprint density at radius 3 is 2.20 bits per heavy atom. The van der Waals surface area contributed by atoms with E-state index in [2.05, 4.69) is 20.8 Å². The minimum atomic E-state index is -0.148. The molecule has 0 aliphatic heterocycles. The van der Waals surface area contributed by atoms with Crippen LogP contribution >= 0.6 is 0 Å². The number of aliphatic hydroxyl groups excluding tert-OH is 1. The van der Waals surface area contributed by atoms with Gasteiger partial charge in [-0.2, -0.15) is 0 Å². The van der Waals surface area contributed by atoms with E-state index in [-0.39, 0.29) is 12.2 Å². The van der Waals surface area contributed by atoms with Gasteiger partial charge in [0.05, 0.1) is 25.4 Å². The van der Waals surface area contributed by atoms with Crippen LogP contribution in [0.15, 0.2) is 0 Å². The van der Waals surface area contributed by atoms with Crippen LogP contribution in [0.2, 0.25) is 0 Å². The fourth-order valence-electron chi connectivity index (χ4n) is 1.46. The molecule has 0 aromatic heterocycles. The lowest BCUT2D eigenvalue weighted by Gasteiger charge is -2.31. The molecular weight excluding hydrogens is 192 g/mol. The van der Waals surface area contributed by atoms with Gasteiger partial charge in [0.15, 0.2) is 0 Å². The summed E-state index contributed by atoms with van der Waals surface area (Å²) in [5, 5.41) is 8.66. The maximum absolute atomic E-state index is 8.66. The van der Waals surface area contributed by atoms with Gasteiger partial charge in [-0.25, -0.2) is 0 Å². The van der Waals surface area contributed by atoms with Crippen LogP contribution in [0.5, 0.6) is 0 Å². The van der Waals surface area contributed by atoms with Gasteiger partial charge in [0, 0.05) is 6.61 Å². The topological polar surface area (TPSA) is 38.7 Å². The Kier molecular flexibility index (Phi) is 9.06. The van der Waals surface area contributed by atoms with E-state index >= 15 is 0 Å². The van der Waals surface area contributed by atoms with Gasteiger partial charge in [-0.05, 0) is 19.3 Å². The second kappa shape index (κ2) is 9.13. The predicted molar refractivity (Wildman–Crippen MR) is 62.1 cm³/mol. The van der Waals surface area contributed by atoms with Crippen LogP contribution in [0.25, 0.3) is 0 Å². The lowest BCUT2D eigenvalue weighted by molar-refractivity contribution is -0.106. The zero-order valence-corrected chi connectivity index (χ0v) is 10.4. The van der Waals surface area contributed by atoms with Crippen molar-refractivity contribution in [1.29, 1.82) is 0 Å². The van der Waals surface area contributed by atoms with Gasteiger partial charge < -0.3 is 14.6 Å². The van der Waals surface area contributed by atoms with Gasteiger partial charge in [0.2, 0.25) is 0 Å². The van der Waals surface area contributed by atoms with Crippen molar-refractivity contribution in [3.8, 4) is 0 Å². The molecule has 0 atom stereocenters. The first-order chi connectivity index (χ1) is 7.24. The van der Waals surface area contributed by atoms with Crippen LogP contribution in [0.1, 0.15) is 46.5 Å². The average molecular weight is 218 g/mol. The first-order valence-electron chi connectivity index (χ1n) is 6.07. The molecule has 0 radical (unpaired) electrons. The minimum Gasteiger partial charge on any atom is -0.394 e. The van der Waals surface area contributed by atoms with Crippen LogP contribution < -0.4 is 0 Å². The van der Waals surface area contributed by atoms with E-state index in [1.165, 1.54) is 0 Å². The summed E-state index contributed by atoms with van der Waals surface area (Å²) in [5.74, 6) is 0. The Morgan fingerprint density at radius 2 is 1.73 bits per heavy atom. The highest BCUT2D eigenvalue weighted by Crippen LogP contribution is 2.21. The molecular formula is C12H26O3. The molecule has 0 fully saturated rings. The molecule has 0 amide bonds. The third kappa shape index (κ3) is 6.13. The Morgan fingerprint density at radius 1 is 1.07 bits per heavy atom. The Labute approximate surface area is 93.8 Å². The maximum Gasteiger partial charge on any atom is 0.0909 e. The second-order valence-corrected chi connectivity index (χ2v) is 3.87. The van der Waals surface area contributed by atoms with Crippen LogP contribution in [0.4, 0.5) is 0 Å². The van der Waals surface area contributed by atoms with Crippen molar-refractivity contribution < 1.29 is 14.6 Å². The summed E-state index contributed by atoms with van der Waals surface area (Å²) in [7, 11) is 0. The van der Waals surface area contributed by atoms with Gasteiger partial charge in [-0.15, -0.1) is 0 Å². The number of unbranched alkanes of at least 4 members (excludes halogenated alkanes) is 1. The highest BCUT2D eigenvalue weighted by molar-refractivity contribution is 4.77. The van der Waals surface area contributed by atoms with Crippen molar-refractivity contribution in [2.24, 2.45) is 0 Å². The van der Waals surface area contributed by atoms with Gasteiger partial charge in [-0.1, -0.05) is 27.2 Å². The summed E-state index contributed by atoms with van der Waals surface area (Å²) in [6, 6.07) is 0. The van der Waals surface area contributed by atoms with Crippen molar-refractivity contribution in [1.82, 2.24) is 0 Å². The third-order valence-corrected chi connectivity index (χ3v) is 2.80. The highest BCUT2D eigenvalue weighted by Gasteiger charge is 2.26. The van der Waals surface area contributed by atoms with Crippen molar-refractivity contribution in [2.45, 2.75) is 52.1 Å². The van der Waals surface area contributed by atoms with E-state index in [4.69, 9.17) is 14.6 Å². The molecule has 3 nitrogen and oxygen atoms in total. The van der Waals surface area contributed by atoms with Crippen LogP contribution in [-0.4, -0.2) is 37.1 Å². The van der Waals surface area contributed by atoms with Crippen LogP contribution in [0, 0.1) is 0 Å². The molecule has 1 N–H and O–H groups in total. The summed E-state index contributed by atoms with van der Waals surface area (Å²) in [4.78, 5) is 0. The Hall–Kier alpha value is -0.120. The van der Waals surface area contributed by atoms with E-state index in [1.54, 1.807) is 0 Å². The molecule has 0 bridgehead atoms. The van der Waals surface area contributed by atoms with Crippen LogP contribution in [0.3, 0.4) is 0 Å². The third-order valence-electron chi connectivity index (χ3n) is 2.80. The summed E-state index contributed by atoms with van der Waals surface area (Å²) < 4.78 is 11.3. The fourth-order valence-corrected chi connectivity index (χ4v) is 1.46. The van der Waals surface area contributed by atoms with E-state index in [0.29, 0.717) is 13.2 Å². The highest BCUT2D eigenvalue weighted by atomic mass is 16.5. The van der Waals surface area contributed by atoms with E-state index in [9.17, 15) is 0 Å². The number of ether oxygens (including phenoxy) is 2. The molecule has 0 spiro atoms. The molecule has 0 aliphatic carbocycles. The summed E-state index contributed by atoms with van der Waals surface area (Å²) in [6.45, 7) is 8.28. The largest absolute Gasteiger partial charge is 0.394 e. The monoisotopic (exact) mass is 218 g/mol. The van der Waals surface area contributed by atoms with Crippen molar-refractivity contribution in [3.05, 3.63) is 0 Å². The average Bonchev–Trinajstić information content (AvgIpc) is 2.28. The summed E-state index contributed by atoms with van der Waals surface area (Å²) in [5.41, 5.74) is -0.148. The molecule has 0 saturated heterocycles. The molecule has 0 aromatic carbocycles. The normalized spacial score (nSPS) is 12.0. The van der Waals surface area contributed by atoms with Crippen LogP contribution in [-0.2, 0) is 9.47 Å². The standard InChI is InChI=1S/C12H26O3/c1-4-7-9-15-12(5-2,6-3)11-14-10-8-13/h13H,4-11H2,1-3H3. The Bertz CT molecular complexity index is 121. The van der Waals surface area contributed by atoms with Crippen molar-refractivity contribution in [2.75, 3.05) is 26.4 Å². The lowest BCUT2D eigenvalue weighted by atomic mass is 9.98. The quantitative estimate of drug-likeness (QED) is 0.572. The molecule has 0 aliphatic rings. The number of rotatable bonds is 10. The number of aliphatic hydroxyl groups is 1.